The molecule has 2 N–H and O–H groups in total. The van der Waals surface area contributed by atoms with Crippen LogP contribution in [0.1, 0.15) is 13.8 Å². The van der Waals surface area contributed by atoms with Crippen molar-refractivity contribution in [1.82, 2.24) is 0 Å². The number of aliphatic hydroxyl groups is 1. The van der Waals surface area contributed by atoms with Gasteiger partial charge in [-0.1, -0.05) is 108 Å². The first-order valence-corrected chi connectivity index (χ1v) is 16.7. The number of hydrogen-bond donors (Lipinski definition) is 2. The summed E-state index contributed by atoms with van der Waals surface area (Å²) in [5, 5.41) is 32.2. The van der Waals surface area contributed by atoms with Gasteiger partial charge in [-0.15, -0.1) is 82.2 Å². The molecule has 49 heavy (non-hydrogen) atoms. The summed E-state index contributed by atoms with van der Waals surface area (Å²) in [6, 6.07) is 62.2. The molecule has 0 atom stereocenters. The maximum absolute atomic E-state index is 9.73. The van der Waals surface area contributed by atoms with Crippen molar-refractivity contribution < 1.29 is 33.9 Å². The Morgan fingerprint density at radius 3 is 1.20 bits per heavy atom. The Morgan fingerprint density at radius 2 is 0.776 bits per heavy atom. The van der Waals surface area contributed by atoms with Crippen molar-refractivity contribution in [3.63, 3.8) is 0 Å². The SMILES string of the molecule is CC(C)O.Oc1cccc2cc3ccccc3cc12.[O]=[Ti+2].[c-]1cccc2cc3ccccc3cc12.[c-]1cccc2cc3ccccc3cc12. The van der Waals surface area contributed by atoms with Crippen molar-refractivity contribution in [1.29, 1.82) is 0 Å². The first kappa shape index (κ1) is 35.1. The fourth-order valence-electron chi connectivity index (χ4n) is 5.57. The molecule has 0 aliphatic rings. The van der Waals surface area contributed by atoms with Gasteiger partial charge < -0.3 is 10.2 Å². The van der Waals surface area contributed by atoms with E-state index in [1.54, 1.807) is 19.9 Å². The van der Waals surface area contributed by atoms with Gasteiger partial charge in [0, 0.05) is 11.5 Å². The van der Waals surface area contributed by atoms with Crippen LogP contribution in [0, 0.1) is 12.1 Å². The van der Waals surface area contributed by atoms with Crippen LogP contribution < -0.4 is 0 Å². The predicted octanol–water partition coefficient (Wildman–Crippen LogP) is 11.6. The maximum atomic E-state index is 9.73. The molecule has 0 saturated heterocycles. The zero-order valence-corrected chi connectivity index (χ0v) is 29.0. The second-order valence-corrected chi connectivity index (χ2v) is 11.7. The van der Waals surface area contributed by atoms with Crippen LogP contribution in [0.4, 0.5) is 0 Å². The van der Waals surface area contributed by atoms with Gasteiger partial charge in [0.15, 0.2) is 0 Å². The molecule has 0 unspecified atom stereocenters. The summed E-state index contributed by atoms with van der Waals surface area (Å²) >= 11 is 0.750. The molecule has 3 nitrogen and oxygen atoms in total. The van der Waals surface area contributed by atoms with Gasteiger partial charge in [0.05, 0.1) is 0 Å². The molecule has 0 aliphatic carbocycles. The van der Waals surface area contributed by atoms with Gasteiger partial charge in [-0.3, -0.25) is 0 Å². The molecule has 9 aromatic rings. The molecular weight excluding hydrogens is 636 g/mol. The smallest absolute Gasteiger partial charge is 0.0363 e. The molecule has 0 aromatic heterocycles. The van der Waals surface area contributed by atoms with Crippen molar-refractivity contribution in [2.45, 2.75) is 20.0 Å². The second-order valence-electron chi connectivity index (χ2n) is 11.7. The molecule has 9 aromatic carbocycles. The zero-order chi connectivity index (χ0) is 34.6. The maximum Gasteiger partial charge on any atom is -0.0363 e. The zero-order valence-electron chi connectivity index (χ0n) is 27.5. The minimum Gasteiger partial charge on any atom is -0.147 e. The molecule has 9 rings (SSSR count). The van der Waals surface area contributed by atoms with Gasteiger partial charge in [-0.05, 0) is 59.0 Å². The largest absolute Gasteiger partial charge is 0.147 e. The number of rotatable bonds is 0. The molecular formula is C45H36O3Ti. The van der Waals surface area contributed by atoms with E-state index < -0.39 is 0 Å². The topological polar surface area (TPSA) is 57.5 Å². The van der Waals surface area contributed by atoms with E-state index in [2.05, 4.69) is 115 Å². The standard InChI is InChI=1S/C14H10O.2C14H9.C3H8O.O.Ti/c15-14-7-3-6-12-8-10-4-1-2-5-11(10)9-13(12)14;2*1-2-6-12-10-14-8-4-3-7-13(14)9-11(12)5-1;1-3(2)4;;/h1-9,15H;2*1-7,9-10H;3-4H,1-2H3;;/q;2*-1;;;+2. The van der Waals surface area contributed by atoms with Crippen LogP contribution >= 0.6 is 0 Å². The first-order valence-electron chi connectivity index (χ1n) is 16.0. The van der Waals surface area contributed by atoms with E-state index in [1.165, 1.54) is 48.5 Å². The predicted molar refractivity (Wildman–Crippen MR) is 202 cm³/mol. The molecule has 0 radical (unpaired) electrons. The molecule has 238 valence electrons. The fraction of sp³-hybridized carbons (Fsp3) is 0.0667. The molecule has 0 spiro atoms. The summed E-state index contributed by atoms with van der Waals surface area (Å²) in [4.78, 5) is 0. The number of fused-ring (bicyclic) bond motifs is 6. The van der Waals surface area contributed by atoms with E-state index in [-0.39, 0.29) is 6.10 Å². The van der Waals surface area contributed by atoms with Crippen LogP contribution in [0.15, 0.2) is 164 Å². The van der Waals surface area contributed by atoms with E-state index >= 15 is 0 Å². The van der Waals surface area contributed by atoms with E-state index in [9.17, 15) is 5.11 Å². The molecule has 0 saturated carbocycles. The van der Waals surface area contributed by atoms with E-state index in [4.69, 9.17) is 8.43 Å². The average molecular weight is 673 g/mol. The third-order valence-electron chi connectivity index (χ3n) is 7.78. The molecule has 0 heterocycles. The van der Waals surface area contributed by atoms with Gasteiger partial charge in [0.1, 0.15) is 5.75 Å². The minimum atomic E-state index is -0.167. The fourth-order valence-corrected chi connectivity index (χ4v) is 5.57. The first-order chi connectivity index (χ1) is 23.9. The number of phenols is 1. The van der Waals surface area contributed by atoms with E-state index in [0.29, 0.717) is 5.75 Å². The Morgan fingerprint density at radius 1 is 0.449 bits per heavy atom. The van der Waals surface area contributed by atoms with Crippen LogP contribution in [-0.2, 0) is 23.7 Å². The van der Waals surface area contributed by atoms with Gasteiger partial charge in [-0.25, -0.2) is 0 Å². The number of hydrogen-bond acceptors (Lipinski definition) is 3. The Labute approximate surface area is 298 Å². The molecule has 0 aliphatic heterocycles. The van der Waals surface area contributed by atoms with Gasteiger partial charge in [0.2, 0.25) is 0 Å². The van der Waals surface area contributed by atoms with Crippen molar-refractivity contribution in [3.05, 3.63) is 176 Å². The molecule has 4 heteroatoms. The van der Waals surface area contributed by atoms with Gasteiger partial charge >= 0.3 is 23.7 Å². The summed E-state index contributed by atoms with van der Waals surface area (Å²) in [5.74, 6) is 0.346. The number of aromatic hydroxyl groups is 1. The Hall–Kier alpha value is -5.19. The van der Waals surface area contributed by atoms with Crippen LogP contribution in [-0.4, -0.2) is 16.3 Å². The second kappa shape index (κ2) is 17.3. The Bertz CT molecular complexity index is 2130. The third kappa shape index (κ3) is 9.25. The van der Waals surface area contributed by atoms with Crippen molar-refractivity contribution in [2.24, 2.45) is 0 Å². The Balaban J connectivity index is 0.000000133. The van der Waals surface area contributed by atoms with Crippen LogP contribution in [0.2, 0.25) is 0 Å². The summed E-state index contributed by atoms with van der Waals surface area (Å²) in [6.45, 7) is 3.44. The number of phenolic OH excluding ortho intramolecular Hbond substituents is 1. The summed E-state index contributed by atoms with van der Waals surface area (Å²) in [5.41, 5.74) is 0. The molecule has 0 fully saturated rings. The van der Waals surface area contributed by atoms with Gasteiger partial charge in [0.25, 0.3) is 0 Å². The number of aliphatic hydroxyl groups excluding tert-OH is 1. The van der Waals surface area contributed by atoms with E-state index in [0.717, 1.165) is 36.6 Å². The monoisotopic (exact) mass is 672 g/mol. The molecule has 0 bridgehead atoms. The third-order valence-corrected chi connectivity index (χ3v) is 7.78. The van der Waals surface area contributed by atoms with Crippen LogP contribution in [0.5, 0.6) is 5.75 Å². The van der Waals surface area contributed by atoms with Crippen LogP contribution in [0.25, 0.3) is 64.6 Å². The van der Waals surface area contributed by atoms with Gasteiger partial charge in [-0.2, -0.15) is 0 Å². The summed E-state index contributed by atoms with van der Waals surface area (Å²) in [7, 11) is 0. The van der Waals surface area contributed by atoms with Crippen molar-refractivity contribution in [3.8, 4) is 5.75 Å². The molecule has 0 amide bonds. The number of benzene rings is 9. The quantitative estimate of drug-likeness (QED) is 0.0958. The average Bonchev–Trinajstić information content (AvgIpc) is 3.14. The van der Waals surface area contributed by atoms with E-state index in [1.807, 2.05) is 54.6 Å². The normalized spacial score (nSPS) is 10.4. The van der Waals surface area contributed by atoms with Crippen LogP contribution in [0.3, 0.4) is 0 Å². The Kier molecular flexibility index (Phi) is 12.4. The van der Waals surface area contributed by atoms with Crippen molar-refractivity contribution >= 4 is 64.6 Å². The minimum absolute atomic E-state index is 0.167. The summed E-state index contributed by atoms with van der Waals surface area (Å²) < 4.78 is 8.25. The summed E-state index contributed by atoms with van der Waals surface area (Å²) in [6.07, 6.45) is -0.167. The van der Waals surface area contributed by atoms with Crippen molar-refractivity contribution in [2.75, 3.05) is 0 Å².